The van der Waals surface area contributed by atoms with Crippen molar-refractivity contribution in [3.8, 4) is 5.75 Å². The lowest BCUT2D eigenvalue weighted by atomic mass is 10.0. The molecule has 3 aromatic rings. The standard InChI is InChI=1S/C19H24N6O/c1-26-16-4-2-14(3-5-16)12-24-10-6-15(13-24)17-18-19(22-9-8-21-18)25(23-17)11-7-20/h2-5,8-9,15H,6-7,10-13,20H2,1H3/t15-/m1/s1. The van der Waals surface area contributed by atoms with Crippen LogP contribution in [0.15, 0.2) is 36.7 Å². The molecule has 136 valence electrons. The molecule has 1 atom stereocenters. The van der Waals surface area contributed by atoms with Crippen molar-refractivity contribution >= 4 is 11.2 Å². The van der Waals surface area contributed by atoms with E-state index >= 15 is 0 Å². The average Bonchev–Trinajstić information content (AvgIpc) is 3.28. The van der Waals surface area contributed by atoms with Gasteiger partial charge in [-0.25, -0.2) is 14.6 Å². The molecule has 1 aliphatic rings. The zero-order valence-corrected chi connectivity index (χ0v) is 15.0. The fraction of sp³-hybridized carbons (Fsp3) is 0.421. The molecule has 1 fully saturated rings. The van der Waals surface area contributed by atoms with Gasteiger partial charge in [-0.3, -0.25) is 4.90 Å². The molecule has 4 rings (SSSR count). The van der Waals surface area contributed by atoms with Gasteiger partial charge in [-0.1, -0.05) is 12.1 Å². The van der Waals surface area contributed by atoms with Gasteiger partial charge in [0.05, 0.1) is 19.3 Å². The van der Waals surface area contributed by atoms with E-state index in [-0.39, 0.29) is 0 Å². The Morgan fingerprint density at radius 2 is 2.00 bits per heavy atom. The third kappa shape index (κ3) is 3.27. The Kier molecular flexibility index (Phi) is 4.81. The first kappa shape index (κ1) is 16.9. The third-order valence-electron chi connectivity index (χ3n) is 4.96. The molecule has 0 amide bonds. The highest BCUT2D eigenvalue weighted by Crippen LogP contribution is 2.31. The van der Waals surface area contributed by atoms with E-state index in [1.807, 2.05) is 16.8 Å². The normalized spacial score (nSPS) is 17.8. The Hall–Kier alpha value is -2.51. The van der Waals surface area contributed by atoms with Crippen LogP contribution in [0.2, 0.25) is 0 Å². The van der Waals surface area contributed by atoms with Crippen LogP contribution in [0, 0.1) is 0 Å². The topological polar surface area (TPSA) is 82.1 Å². The van der Waals surface area contributed by atoms with Crippen LogP contribution in [0.4, 0.5) is 0 Å². The molecule has 1 aromatic carbocycles. The van der Waals surface area contributed by atoms with E-state index in [9.17, 15) is 0 Å². The summed E-state index contributed by atoms with van der Waals surface area (Å²) in [4.78, 5) is 11.5. The van der Waals surface area contributed by atoms with Crippen LogP contribution in [0.1, 0.15) is 23.6 Å². The number of hydrogen-bond acceptors (Lipinski definition) is 6. The monoisotopic (exact) mass is 352 g/mol. The van der Waals surface area contributed by atoms with Gasteiger partial charge in [-0.15, -0.1) is 0 Å². The van der Waals surface area contributed by atoms with Crippen LogP contribution in [0.3, 0.4) is 0 Å². The van der Waals surface area contributed by atoms with E-state index in [0.717, 1.165) is 48.7 Å². The average molecular weight is 352 g/mol. The molecular formula is C19H24N6O. The second kappa shape index (κ2) is 7.39. The van der Waals surface area contributed by atoms with E-state index in [0.29, 0.717) is 19.0 Å². The quantitative estimate of drug-likeness (QED) is 0.728. The summed E-state index contributed by atoms with van der Waals surface area (Å²) in [6.45, 7) is 4.19. The van der Waals surface area contributed by atoms with Crippen molar-refractivity contribution in [2.45, 2.75) is 25.4 Å². The second-order valence-corrected chi connectivity index (χ2v) is 6.69. The van der Waals surface area contributed by atoms with Gasteiger partial charge in [0.25, 0.3) is 0 Å². The van der Waals surface area contributed by atoms with Crippen molar-refractivity contribution in [2.24, 2.45) is 5.73 Å². The minimum absolute atomic E-state index is 0.381. The highest BCUT2D eigenvalue weighted by Gasteiger charge is 2.28. The number of benzene rings is 1. The van der Waals surface area contributed by atoms with E-state index in [4.69, 9.17) is 15.6 Å². The minimum atomic E-state index is 0.381. The van der Waals surface area contributed by atoms with Gasteiger partial charge in [0.15, 0.2) is 5.65 Å². The van der Waals surface area contributed by atoms with Gasteiger partial charge in [0.1, 0.15) is 11.3 Å². The molecular weight excluding hydrogens is 328 g/mol. The van der Waals surface area contributed by atoms with E-state index in [1.54, 1.807) is 19.5 Å². The third-order valence-corrected chi connectivity index (χ3v) is 4.96. The first-order valence-electron chi connectivity index (χ1n) is 9.01. The zero-order valence-electron chi connectivity index (χ0n) is 15.0. The van der Waals surface area contributed by atoms with Gasteiger partial charge in [-0.05, 0) is 30.7 Å². The maximum Gasteiger partial charge on any atom is 0.177 e. The maximum atomic E-state index is 5.72. The van der Waals surface area contributed by atoms with Crippen LogP contribution < -0.4 is 10.5 Å². The fourth-order valence-electron chi connectivity index (χ4n) is 3.67. The number of aromatic nitrogens is 4. The van der Waals surface area contributed by atoms with Crippen LogP contribution in [-0.2, 0) is 13.1 Å². The van der Waals surface area contributed by atoms with Crippen molar-refractivity contribution in [3.05, 3.63) is 47.9 Å². The number of nitrogens with zero attached hydrogens (tertiary/aromatic N) is 5. The molecule has 0 saturated carbocycles. The van der Waals surface area contributed by atoms with Gasteiger partial charge < -0.3 is 10.5 Å². The van der Waals surface area contributed by atoms with E-state index in [2.05, 4.69) is 27.0 Å². The van der Waals surface area contributed by atoms with Crippen LogP contribution >= 0.6 is 0 Å². The molecule has 1 aliphatic heterocycles. The van der Waals surface area contributed by atoms with Gasteiger partial charge >= 0.3 is 0 Å². The minimum Gasteiger partial charge on any atom is -0.497 e. The predicted molar refractivity (Wildman–Crippen MR) is 100 cm³/mol. The number of methoxy groups -OCH3 is 1. The van der Waals surface area contributed by atoms with Crippen molar-refractivity contribution < 1.29 is 4.74 Å². The van der Waals surface area contributed by atoms with Crippen molar-refractivity contribution in [1.29, 1.82) is 0 Å². The molecule has 0 spiro atoms. The molecule has 7 heteroatoms. The molecule has 0 radical (unpaired) electrons. The Morgan fingerprint density at radius 1 is 1.19 bits per heavy atom. The summed E-state index contributed by atoms with van der Waals surface area (Å²) in [5.41, 5.74) is 9.82. The first-order chi connectivity index (χ1) is 12.8. The molecule has 26 heavy (non-hydrogen) atoms. The molecule has 0 bridgehead atoms. The highest BCUT2D eigenvalue weighted by molar-refractivity contribution is 5.73. The Morgan fingerprint density at radius 3 is 2.77 bits per heavy atom. The Balaban J connectivity index is 1.50. The Bertz CT molecular complexity index is 875. The molecule has 3 heterocycles. The molecule has 0 unspecified atom stereocenters. The molecule has 2 N–H and O–H groups in total. The largest absolute Gasteiger partial charge is 0.497 e. The lowest BCUT2D eigenvalue weighted by Gasteiger charge is -2.15. The number of fused-ring (bicyclic) bond motifs is 1. The summed E-state index contributed by atoms with van der Waals surface area (Å²) >= 11 is 0. The maximum absolute atomic E-state index is 5.72. The van der Waals surface area contributed by atoms with Gasteiger partial charge in [-0.2, -0.15) is 5.10 Å². The zero-order chi connectivity index (χ0) is 17.9. The smallest absolute Gasteiger partial charge is 0.177 e. The summed E-state index contributed by atoms with van der Waals surface area (Å²) in [6, 6.07) is 8.28. The van der Waals surface area contributed by atoms with Crippen molar-refractivity contribution in [2.75, 3.05) is 26.7 Å². The number of rotatable bonds is 6. The van der Waals surface area contributed by atoms with Crippen LogP contribution in [0.5, 0.6) is 5.75 Å². The Labute approximate surface area is 152 Å². The summed E-state index contributed by atoms with van der Waals surface area (Å²) in [7, 11) is 1.69. The molecule has 0 aliphatic carbocycles. The van der Waals surface area contributed by atoms with Gasteiger partial charge in [0, 0.05) is 37.9 Å². The summed E-state index contributed by atoms with van der Waals surface area (Å²) in [6.07, 6.45) is 4.54. The SMILES string of the molecule is COc1ccc(CN2CC[C@@H](c3nn(CCN)c4nccnc34)C2)cc1. The van der Waals surface area contributed by atoms with E-state index < -0.39 is 0 Å². The molecule has 1 saturated heterocycles. The second-order valence-electron chi connectivity index (χ2n) is 6.69. The number of ether oxygens (including phenoxy) is 1. The van der Waals surface area contributed by atoms with Gasteiger partial charge in [0.2, 0.25) is 0 Å². The first-order valence-corrected chi connectivity index (χ1v) is 9.01. The lowest BCUT2D eigenvalue weighted by Crippen LogP contribution is -2.20. The lowest BCUT2D eigenvalue weighted by molar-refractivity contribution is 0.326. The summed E-state index contributed by atoms with van der Waals surface area (Å²) < 4.78 is 7.12. The highest BCUT2D eigenvalue weighted by atomic mass is 16.5. The summed E-state index contributed by atoms with van der Waals surface area (Å²) in [5, 5.41) is 4.79. The summed E-state index contributed by atoms with van der Waals surface area (Å²) in [5.74, 6) is 1.27. The molecule has 7 nitrogen and oxygen atoms in total. The number of likely N-dealkylation sites (tertiary alicyclic amines) is 1. The molecule has 2 aromatic heterocycles. The van der Waals surface area contributed by atoms with Crippen molar-refractivity contribution in [1.82, 2.24) is 24.6 Å². The predicted octanol–water partition coefficient (Wildman–Crippen LogP) is 1.78. The van der Waals surface area contributed by atoms with Crippen LogP contribution in [-0.4, -0.2) is 51.4 Å². The van der Waals surface area contributed by atoms with Crippen molar-refractivity contribution in [3.63, 3.8) is 0 Å². The van der Waals surface area contributed by atoms with Crippen LogP contribution in [0.25, 0.3) is 11.2 Å². The number of nitrogens with two attached hydrogens (primary N) is 1. The number of hydrogen-bond donors (Lipinski definition) is 1. The van der Waals surface area contributed by atoms with E-state index in [1.165, 1.54) is 5.56 Å². The fourth-order valence-corrected chi connectivity index (χ4v) is 3.67.